The van der Waals surface area contributed by atoms with Crippen molar-refractivity contribution in [2.75, 3.05) is 4.90 Å². The van der Waals surface area contributed by atoms with Crippen LogP contribution in [0.25, 0.3) is 0 Å². The number of hydrogen-bond acceptors (Lipinski definition) is 2. The molecular weight excluding hydrogens is 284 g/mol. The Hall–Kier alpha value is -1.84. The van der Waals surface area contributed by atoms with Crippen LogP contribution in [0.3, 0.4) is 0 Å². The summed E-state index contributed by atoms with van der Waals surface area (Å²) in [4.78, 5) is 13.9. The number of β-lactam (4-membered cyclic amide) rings is 1. The quantitative estimate of drug-likeness (QED) is 0.884. The molecule has 1 fully saturated rings. The Morgan fingerprint density at radius 1 is 1.19 bits per heavy atom. The topological polar surface area (TPSA) is 46.3 Å². The van der Waals surface area contributed by atoms with Gasteiger partial charge in [-0.25, -0.2) is 0 Å². The van der Waals surface area contributed by atoms with Crippen molar-refractivity contribution in [1.82, 2.24) is 0 Å². The summed E-state index contributed by atoms with van der Waals surface area (Å²) in [5.74, 6) is -0.0516. The van der Waals surface area contributed by atoms with Crippen LogP contribution in [0, 0.1) is 0 Å². The van der Waals surface area contributed by atoms with Gasteiger partial charge in [-0.3, -0.25) is 4.79 Å². The van der Waals surface area contributed by atoms with Crippen LogP contribution in [0.5, 0.6) is 0 Å². The van der Waals surface area contributed by atoms with Gasteiger partial charge in [-0.15, -0.1) is 0 Å². The third-order valence-electron chi connectivity index (χ3n) is 3.95. The monoisotopic (exact) mass is 300 g/mol. The van der Waals surface area contributed by atoms with Crippen molar-refractivity contribution in [3.05, 3.63) is 64.7 Å². The molecule has 3 rings (SSSR count). The molecule has 1 heterocycles. The molecule has 2 aromatic rings. The Kier molecular flexibility index (Phi) is 3.70. The molecule has 2 N–H and O–H groups in total. The summed E-state index contributed by atoms with van der Waals surface area (Å²) >= 11 is 6.04. The van der Waals surface area contributed by atoms with Crippen LogP contribution in [0.2, 0.25) is 5.02 Å². The smallest absolute Gasteiger partial charge is 0.247 e. The van der Waals surface area contributed by atoms with Crippen molar-refractivity contribution in [1.29, 1.82) is 0 Å². The molecule has 1 aliphatic rings. The first kappa shape index (κ1) is 14.1. The van der Waals surface area contributed by atoms with Gasteiger partial charge in [0.05, 0.1) is 6.04 Å². The fourth-order valence-electron chi connectivity index (χ4n) is 2.74. The highest BCUT2D eigenvalue weighted by molar-refractivity contribution is 6.30. The number of carbonyl (C=O) groups is 1. The van der Waals surface area contributed by atoms with Gasteiger partial charge in [-0.1, -0.05) is 42.8 Å². The SMILES string of the molecule is CCc1ccc(N2C(=O)[C@@H](N)[C@@H]2c2cccc(Cl)c2)cc1. The first-order valence-electron chi connectivity index (χ1n) is 7.05. The molecule has 4 heteroatoms. The van der Waals surface area contributed by atoms with E-state index in [4.69, 9.17) is 17.3 Å². The second-order valence-electron chi connectivity index (χ2n) is 5.25. The number of anilines is 1. The third-order valence-corrected chi connectivity index (χ3v) is 4.19. The van der Waals surface area contributed by atoms with Crippen molar-refractivity contribution >= 4 is 23.2 Å². The number of benzene rings is 2. The lowest BCUT2D eigenvalue weighted by atomic mass is 9.88. The number of nitrogens with zero attached hydrogens (tertiary/aromatic N) is 1. The lowest BCUT2D eigenvalue weighted by molar-refractivity contribution is -0.126. The first-order chi connectivity index (χ1) is 10.1. The second kappa shape index (κ2) is 5.51. The molecule has 0 aromatic heterocycles. The van der Waals surface area contributed by atoms with Gasteiger partial charge in [0, 0.05) is 10.7 Å². The number of nitrogens with two attached hydrogens (primary N) is 1. The predicted octanol–water partition coefficient (Wildman–Crippen LogP) is 3.32. The van der Waals surface area contributed by atoms with Gasteiger partial charge in [0.15, 0.2) is 0 Å². The first-order valence-corrected chi connectivity index (χ1v) is 7.42. The number of aryl methyl sites for hydroxylation is 1. The Balaban J connectivity index is 1.94. The molecule has 1 amide bonds. The van der Waals surface area contributed by atoms with Crippen LogP contribution in [0.4, 0.5) is 5.69 Å². The Labute approximate surface area is 129 Å². The summed E-state index contributed by atoms with van der Waals surface area (Å²) in [7, 11) is 0. The molecule has 108 valence electrons. The summed E-state index contributed by atoms with van der Waals surface area (Å²) in [5.41, 5.74) is 9.09. The van der Waals surface area contributed by atoms with Crippen LogP contribution in [0.1, 0.15) is 24.1 Å². The van der Waals surface area contributed by atoms with Gasteiger partial charge in [0.25, 0.3) is 0 Å². The molecule has 0 unspecified atom stereocenters. The molecule has 0 spiro atoms. The maximum absolute atomic E-state index is 12.2. The van der Waals surface area contributed by atoms with Crippen molar-refractivity contribution < 1.29 is 4.79 Å². The number of hydrogen-bond donors (Lipinski definition) is 1. The van der Waals surface area contributed by atoms with Crippen molar-refractivity contribution in [3.63, 3.8) is 0 Å². The van der Waals surface area contributed by atoms with Crippen molar-refractivity contribution in [3.8, 4) is 0 Å². The molecule has 1 saturated heterocycles. The zero-order valence-corrected chi connectivity index (χ0v) is 12.5. The van der Waals surface area contributed by atoms with Gasteiger partial charge >= 0.3 is 0 Å². The molecule has 2 aromatic carbocycles. The van der Waals surface area contributed by atoms with Gasteiger partial charge in [-0.2, -0.15) is 0 Å². The average molecular weight is 301 g/mol. The minimum atomic E-state index is -0.505. The van der Waals surface area contributed by atoms with E-state index in [1.165, 1.54) is 5.56 Å². The van der Waals surface area contributed by atoms with Gasteiger partial charge < -0.3 is 10.6 Å². The standard InChI is InChI=1S/C17H17ClN2O/c1-2-11-6-8-14(9-7-11)20-16(15(19)17(20)21)12-4-3-5-13(18)10-12/h3-10,15-16H,2,19H2,1H3/t15-,16-/m0/s1. The Morgan fingerprint density at radius 2 is 1.90 bits per heavy atom. The van der Waals surface area contributed by atoms with E-state index in [0.717, 1.165) is 17.7 Å². The molecule has 0 radical (unpaired) electrons. The average Bonchev–Trinajstić information content (AvgIpc) is 2.51. The highest BCUT2D eigenvalue weighted by Crippen LogP contribution is 2.38. The Morgan fingerprint density at radius 3 is 2.52 bits per heavy atom. The summed E-state index contributed by atoms with van der Waals surface area (Å²) < 4.78 is 0. The maximum Gasteiger partial charge on any atom is 0.247 e. The lowest BCUT2D eigenvalue weighted by Gasteiger charge is -2.45. The minimum Gasteiger partial charge on any atom is -0.318 e. The minimum absolute atomic E-state index is 0.0516. The number of halogens is 1. The van der Waals surface area contributed by atoms with E-state index < -0.39 is 6.04 Å². The normalized spacial score (nSPS) is 21.3. The summed E-state index contributed by atoms with van der Waals surface area (Å²) in [5, 5.41) is 0.653. The molecule has 0 bridgehead atoms. The van der Waals surface area contributed by atoms with Crippen LogP contribution in [-0.2, 0) is 11.2 Å². The molecule has 0 aliphatic carbocycles. The number of carbonyl (C=O) groups excluding carboxylic acids is 1. The van der Waals surface area contributed by atoms with Crippen LogP contribution in [-0.4, -0.2) is 11.9 Å². The summed E-state index contributed by atoms with van der Waals surface area (Å²) in [6.07, 6.45) is 0.978. The highest BCUT2D eigenvalue weighted by Gasteiger charge is 2.46. The van der Waals surface area contributed by atoms with E-state index in [2.05, 4.69) is 6.92 Å². The van der Waals surface area contributed by atoms with Crippen LogP contribution < -0.4 is 10.6 Å². The largest absolute Gasteiger partial charge is 0.318 e. The maximum atomic E-state index is 12.2. The molecular formula is C17H17ClN2O. The number of rotatable bonds is 3. The van der Waals surface area contributed by atoms with E-state index in [1.807, 2.05) is 48.5 Å². The van der Waals surface area contributed by atoms with Crippen LogP contribution >= 0.6 is 11.6 Å². The fraction of sp³-hybridized carbons (Fsp3) is 0.235. The van der Waals surface area contributed by atoms with E-state index >= 15 is 0 Å². The zero-order valence-electron chi connectivity index (χ0n) is 11.8. The van der Waals surface area contributed by atoms with Gasteiger partial charge in [0.2, 0.25) is 5.91 Å². The zero-order chi connectivity index (χ0) is 15.0. The molecule has 0 saturated carbocycles. The third kappa shape index (κ3) is 2.43. The molecule has 21 heavy (non-hydrogen) atoms. The molecule has 1 aliphatic heterocycles. The highest BCUT2D eigenvalue weighted by atomic mass is 35.5. The van der Waals surface area contributed by atoms with E-state index in [-0.39, 0.29) is 11.9 Å². The summed E-state index contributed by atoms with van der Waals surface area (Å²) in [6.45, 7) is 2.11. The second-order valence-corrected chi connectivity index (χ2v) is 5.69. The molecule has 3 nitrogen and oxygen atoms in total. The van der Waals surface area contributed by atoms with Crippen molar-refractivity contribution in [2.24, 2.45) is 5.73 Å². The fourth-order valence-corrected chi connectivity index (χ4v) is 2.94. The predicted molar refractivity (Wildman–Crippen MR) is 85.5 cm³/mol. The number of amides is 1. The molecule has 2 atom stereocenters. The van der Waals surface area contributed by atoms with Crippen LogP contribution in [0.15, 0.2) is 48.5 Å². The van der Waals surface area contributed by atoms with Gasteiger partial charge in [-0.05, 0) is 41.8 Å². The van der Waals surface area contributed by atoms with E-state index in [0.29, 0.717) is 5.02 Å². The van der Waals surface area contributed by atoms with Crippen molar-refractivity contribution in [2.45, 2.75) is 25.4 Å². The van der Waals surface area contributed by atoms with Gasteiger partial charge in [0.1, 0.15) is 6.04 Å². The lowest BCUT2D eigenvalue weighted by Crippen LogP contribution is -2.63. The Bertz CT molecular complexity index is 669. The summed E-state index contributed by atoms with van der Waals surface area (Å²) in [6, 6.07) is 14.9. The van der Waals surface area contributed by atoms with E-state index in [9.17, 15) is 4.79 Å². The van der Waals surface area contributed by atoms with E-state index in [1.54, 1.807) is 4.90 Å².